The maximum atomic E-state index is 13.1. The van der Waals surface area contributed by atoms with Crippen LogP contribution in [0.3, 0.4) is 0 Å². The molecule has 6 N–H and O–H groups in total. The number of nitrogens with zero attached hydrogens (tertiary/aromatic N) is 1. The van der Waals surface area contributed by atoms with Crippen LogP contribution >= 0.6 is 11.8 Å². The first kappa shape index (κ1) is 24.4. The van der Waals surface area contributed by atoms with Gasteiger partial charge in [-0.15, -0.1) is 16.9 Å². The molecule has 0 unspecified atom stereocenters. The van der Waals surface area contributed by atoms with Crippen LogP contribution in [0.2, 0.25) is 0 Å². The van der Waals surface area contributed by atoms with Gasteiger partial charge < -0.3 is 20.5 Å². The molecule has 0 fully saturated rings. The summed E-state index contributed by atoms with van der Waals surface area (Å²) in [6.07, 6.45) is 0.207. The number of hydrazone groups is 1. The molecule has 0 saturated carbocycles. The Morgan fingerprint density at radius 3 is 2.60 bits per heavy atom. The second-order valence-corrected chi connectivity index (χ2v) is 10.9. The minimum Gasteiger partial charge on any atom is -0.454 e. The number of ether oxygens (including phenoxy) is 2. The van der Waals surface area contributed by atoms with Gasteiger partial charge in [0, 0.05) is 15.2 Å². The van der Waals surface area contributed by atoms with Gasteiger partial charge in [-0.05, 0) is 41.0 Å². The van der Waals surface area contributed by atoms with Gasteiger partial charge >= 0.3 is 0 Å². The van der Waals surface area contributed by atoms with Gasteiger partial charge in [0.2, 0.25) is 12.7 Å². The van der Waals surface area contributed by atoms with Gasteiger partial charge in [-0.2, -0.15) is 0 Å². The fourth-order valence-corrected chi connectivity index (χ4v) is 4.75. The Labute approximate surface area is 209 Å². The Morgan fingerprint density at radius 2 is 1.83 bits per heavy atom. The maximum absolute atomic E-state index is 13.1. The minimum atomic E-state index is -0.126. The molecule has 0 bridgehead atoms. The highest BCUT2D eigenvalue weighted by Crippen LogP contribution is 2.39. The number of amides is 1. The molecule has 0 spiro atoms. The molecule has 0 radical (unpaired) electrons. The lowest BCUT2D eigenvalue weighted by Gasteiger charge is -2.21. The summed E-state index contributed by atoms with van der Waals surface area (Å²) in [6, 6.07) is 19.2. The number of hydrogen-bond donors (Lipinski definition) is 4. The first-order valence-corrected chi connectivity index (χ1v) is 11.9. The predicted molar refractivity (Wildman–Crippen MR) is 140 cm³/mol. The summed E-state index contributed by atoms with van der Waals surface area (Å²) >= 11 is 1.69. The number of nitrogens with one attached hydrogen (secondary N) is 2. The predicted octanol–water partition coefficient (Wildman–Crippen LogP) is 4.24. The summed E-state index contributed by atoms with van der Waals surface area (Å²) in [4.78, 5) is 14.0. The zero-order chi connectivity index (χ0) is 25.0. The van der Waals surface area contributed by atoms with E-state index in [4.69, 9.17) is 21.1 Å². The van der Waals surface area contributed by atoms with Crippen molar-refractivity contribution in [2.45, 2.75) is 36.8 Å². The van der Waals surface area contributed by atoms with E-state index in [9.17, 15) is 4.79 Å². The number of anilines is 1. The van der Waals surface area contributed by atoms with Crippen LogP contribution in [0.15, 0.2) is 70.7 Å². The number of hydrogen-bond acceptors (Lipinski definition) is 7. The summed E-state index contributed by atoms with van der Waals surface area (Å²) in [5.41, 5.74) is 12.4. The van der Waals surface area contributed by atoms with Crippen molar-refractivity contribution in [3.63, 3.8) is 0 Å². The molecule has 1 aliphatic rings. The fraction of sp³-hybridized carbons (Fsp3) is 0.231. The van der Waals surface area contributed by atoms with Crippen molar-refractivity contribution in [3.8, 4) is 22.6 Å². The molecule has 0 atom stereocenters. The number of nitrogens with two attached hydrogens (primary N) is 2. The van der Waals surface area contributed by atoms with Crippen molar-refractivity contribution in [1.82, 2.24) is 5.53 Å². The van der Waals surface area contributed by atoms with Crippen molar-refractivity contribution < 1.29 is 14.3 Å². The number of fused-ring (bicyclic) bond motifs is 1. The third kappa shape index (κ3) is 6.06. The van der Waals surface area contributed by atoms with E-state index < -0.39 is 0 Å². The largest absolute Gasteiger partial charge is 0.454 e. The van der Waals surface area contributed by atoms with Crippen molar-refractivity contribution in [1.29, 1.82) is 0 Å². The van der Waals surface area contributed by atoms with Crippen molar-refractivity contribution in [2.75, 3.05) is 12.1 Å². The Balaban J connectivity index is 1.65. The lowest BCUT2D eigenvalue weighted by molar-refractivity contribution is -0.115. The summed E-state index contributed by atoms with van der Waals surface area (Å²) < 4.78 is 10.8. The first-order chi connectivity index (χ1) is 16.7. The summed E-state index contributed by atoms with van der Waals surface area (Å²) in [6.45, 7) is 6.60. The van der Waals surface area contributed by atoms with Crippen LogP contribution in [-0.4, -0.2) is 23.3 Å². The molecule has 1 heterocycles. The molecule has 3 aromatic carbocycles. The minimum absolute atomic E-state index is 0.0416. The highest BCUT2D eigenvalue weighted by atomic mass is 32.2. The molecule has 35 heavy (non-hydrogen) atoms. The van der Waals surface area contributed by atoms with Gasteiger partial charge in [0.05, 0.1) is 12.1 Å². The number of thioether (sulfide) groups is 1. The molecule has 4 rings (SSSR count). The van der Waals surface area contributed by atoms with E-state index in [0.717, 1.165) is 32.8 Å². The maximum Gasteiger partial charge on any atom is 0.231 e. The van der Waals surface area contributed by atoms with E-state index >= 15 is 0 Å². The van der Waals surface area contributed by atoms with Crippen LogP contribution in [0.4, 0.5) is 5.69 Å². The normalized spacial score (nSPS) is 13.0. The van der Waals surface area contributed by atoms with Crippen molar-refractivity contribution in [2.24, 2.45) is 16.7 Å². The molecule has 182 valence electrons. The van der Waals surface area contributed by atoms with Gasteiger partial charge in [0.25, 0.3) is 0 Å². The van der Waals surface area contributed by atoms with Crippen LogP contribution in [0.25, 0.3) is 11.1 Å². The molecular formula is C26H29N5O3S. The van der Waals surface area contributed by atoms with Crippen molar-refractivity contribution >= 4 is 29.2 Å². The SMILES string of the molecule is CC(C)(C)Sc1ccc(-c2ccccc2/C(N)=N/NN)cc1NC(=O)Cc1ccc2c(c1)OCO2. The van der Waals surface area contributed by atoms with E-state index in [2.05, 4.69) is 36.7 Å². The summed E-state index contributed by atoms with van der Waals surface area (Å²) in [5, 5.41) is 7.03. The highest BCUT2D eigenvalue weighted by Gasteiger charge is 2.19. The summed E-state index contributed by atoms with van der Waals surface area (Å²) in [7, 11) is 0. The standard InChI is InChI=1S/C26H29N5O3S/c1-26(2,3)35-23-11-9-17(18-6-4-5-7-19(18)25(27)30-31-28)14-20(23)29-24(32)13-16-8-10-21-22(12-16)34-15-33-21/h4-12,14,31H,13,15,28H2,1-3H3,(H2,27,30)(H,29,32). The van der Waals surface area contributed by atoms with Crippen LogP contribution in [0, 0.1) is 0 Å². The molecule has 9 heteroatoms. The van der Waals surface area contributed by atoms with Gasteiger partial charge in [0.15, 0.2) is 17.3 Å². The lowest BCUT2D eigenvalue weighted by Crippen LogP contribution is -2.23. The second kappa shape index (κ2) is 10.3. The Bertz CT molecular complexity index is 1270. The third-order valence-electron chi connectivity index (χ3n) is 5.17. The van der Waals surface area contributed by atoms with Gasteiger partial charge in [0.1, 0.15) is 0 Å². The zero-order valence-corrected chi connectivity index (χ0v) is 20.7. The van der Waals surface area contributed by atoms with Crippen LogP contribution in [-0.2, 0) is 11.2 Å². The number of carbonyl (C=O) groups is 1. The van der Waals surface area contributed by atoms with Crippen LogP contribution < -0.4 is 31.9 Å². The molecular weight excluding hydrogens is 462 g/mol. The summed E-state index contributed by atoms with van der Waals surface area (Å²) in [5.74, 6) is 6.81. The fourth-order valence-electron chi connectivity index (χ4n) is 3.73. The van der Waals surface area contributed by atoms with E-state index in [1.54, 1.807) is 11.8 Å². The Morgan fingerprint density at radius 1 is 1.06 bits per heavy atom. The molecule has 1 amide bonds. The van der Waals surface area contributed by atoms with Crippen molar-refractivity contribution in [3.05, 3.63) is 71.8 Å². The highest BCUT2D eigenvalue weighted by molar-refractivity contribution is 8.00. The first-order valence-electron chi connectivity index (χ1n) is 11.1. The number of hydrazine groups is 1. The van der Waals surface area contributed by atoms with E-state index in [1.165, 1.54) is 0 Å². The van der Waals surface area contributed by atoms with E-state index in [0.29, 0.717) is 11.5 Å². The third-order valence-corrected chi connectivity index (χ3v) is 6.36. The zero-order valence-electron chi connectivity index (χ0n) is 19.9. The van der Waals surface area contributed by atoms with Gasteiger partial charge in [-0.25, -0.2) is 11.4 Å². The molecule has 0 aromatic heterocycles. The molecule has 3 aromatic rings. The van der Waals surface area contributed by atoms with E-state index in [1.807, 2.05) is 60.7 Å². The molecule has 8 nitrogen and oxygen atoms in total. The number of rotatable bonds is 7. The molecule has 0 aliphatic carbocycles. The molecule has 0 saturated heterocycles. The van der Waals surface area contributed by atoms with Crippen LogP contribution in [0.5, 0.6) is 11.5 Å². The monoisotopic (exact) mass is 491 g/mol. The number of carbonyl (C=O) groups excluding carboxylic acids is 1. The number of amidine groups is 1. The Kier molecular flexibility index (Phi) is 7.18. The topological polar surface area (TPSA) is 124 Å². The average molecular weight is 492 g/mol. The van der Waals surface area contributed by atoms with Gasteiger partial charge in [-0.3, -0.25) is 4.79 Å². The number of benzene rings is 3. The second-order valence-electron chi connectivity index (χ2n) is 9.01. The van der Waals surface area contributed by atoms with Crippen LogP contribution in [0.1, 0.15) is 31.9 Å². The smallest absolute Gasteiger partial charge is 0.231 e. The quantitative estimate of drug-likeness (QED) is 0.128. The lowest BCUT2D eigenvalue weighted by atomic mass is 9.98. The molecule has 1 aliphatic heterocycles. The van der Waals surface area contributed by atoms with E-state index in [-0.39, 0.29) is 29.7 Å². The average Bonchev–Trinajstić information content (AvgIpc) is 3.27. The Hall–Kier alpha value is -3.69. The van der Waals surface area contributed by atoms with Gasteiger partial charge in [-0.1, -0.05) is 57.2 Å².